The molecule has 0 amide bonds. The fourth-order valence-electron chi connectivity index (χ4n) is 3.72. The Morgan fingerprint density at radius 3 is 2.93 bits per heavy atom. The molecular weight excluding hydrogens is 404 g/mol. The molecule has 4 heterocycles. The number of nitrogens with one attached hydrogen (secondary N) is 2. The van der Waals surface area contributed by atoms with Crippen molar-refractivity contribution in [3.8, 4) is 11.3 Å². The van der Waals surface area contributed by atoms with Crippen LogP contribution in [0.15, 0.2) is 30.5 Å². The standard InChI is InChI=1S/C22H27ClN4O3/c23-18-13-25-16(11-20(28)21-14-24-6-9-30-21)10-17(18)19-2-1-3-22(27-19)26-12-15-4-7-29-8-5-15/h1-3,10,13,15,21,24H,4-9,11-12,14H2,(H,26,27)/t21-/m1/s1. The van der Waals surface area contributed by atoms with Gasteiger partial charge in [0.1, 0.15) is 11.9 Å². The van der Waals surface area contributed by atoms with Crippen LogP contribution in [0.4, 0.5) is 5.82 Å². The number of ether oxygens (including phenoxy) is 2. The van der Waals surface area contributed by atoms with E-state index in [-0.39, 0.29) is 12.2 Å². The number of carbonyl (C=O) groups excluding carboxylic acids is 1. The molecule has 1 atom stereocenters. The molecule has 0 aromatic carbocycles. The fraction of sp³-hybridized carbons (Fsp3) is 0.500. The highest BCUT2D eigenvalue weighted by Gasteiger charge is 2.22. The Kier molecular flexibility index (Phi) is 7.28. The molecule has 7 nitrogen and oxygen atoms in total. The summed E-state index contributed by atoms with van der Waals surface area (Å²) >= 11 is 6.41. The molecule has 0 radical (unpaired) electrons. The van der Waals surface area contributed by atoms with Crippen molar-refractivity contribution in [3.63, 3.8) is 0 Å². The van der Waals surface area contributed by atoms with Crippen molar-refractivity contribution in [2.45, 2.75) is 25.4 Å². The van der Waals surface area contributed by atoms with E-state index >= 15 is 0 Å². The fourth-order valence-corrected chi connectivity index (χ4v) is 3.92. The lowest BCUT2D eigenvalue weighted by atomic mass is 10.0. The lowest BCUT2D eigenvalue weighted by molar-refractivity contribution is -0.131. The molecule has 2 saturated heterocycles. The number of ketones is 1. The first-order valence-electron chi connectivity index (χ1n) is 10.5. The van der Waals surface area contributed by atoms with Crippen LogP contribution in [0, 0.1) is 5.92 Å². The number of nitrogens with zero attached hydrogens (tertiary/aromatic N) is 2. The molecule has 0 saturated carbocycles. The van der Waals surface area contributed by atoms with Crippen LogP contribution in [0.5, 0.6) is 0 Å². The molecule has 160 valence electrons. The zero-order valence-corrected chi connectivity index (χ0v) is 17.7. The van der Waals surface area contributed by atoms with Gasteiger partial charge in [0.15, 0.2) is 5.78 Å². The van der Waals surface area contributed by atoms with E-state index in [4.69, 9.17) is 26.1 Å². The average Bonchev–Trinajstić information content (AvgIpc) is 2.80. The summed E-state index contributed by atoms with van der Waals surface area (Å²) in [6.45, 7) is 4.40. The SMILES string of the molecule is O=C(Cc1cc(-c2cccc(NCC3CCOCC3)n2)c(Cl)cn1)[C@H]1CNCCO1. The lowest BCUT2D eigenvalue weighted by Gasteiger charge is -2.22. The highest BCUT2D eigenvalue weighted by molar-refractivity contribution is 6.33. The molecular formula is C22H27ClN4O3. The second kappa shape index (κ2) is 10.3. The molecule has 4 rings (SSSR count). The summed E-state index contributed by atoms with van der Waals surface area (Å²) in [4.78, 5) is 21.6. The van der Waals surface area contributed by atoms with E-state index in [1.807, 2.05) is 24.3 Å². The number of Topliss-reactive ketones (excluding diaryl/α,β-unsaturated/α-hetero) is 1. The maximum Gasteiger partial charge on any atom is 0.168 e. The van der Waals surface area contributed by atoms with E-state index < -0.39 is 6.10 Å². The number of anilines is 1. The van der Waals surface area contributed by atoms with E-state index in [9.17, 15) is 4.79 Å². The first-order chi connectivity index (χ1) is 14.7. The third kappa shape index (κ3) is 5.55. The number of rotatable bonds is 7. The van der Waals surface area contributed by atoms with Gasteiger partial charge in [0.25, 0.3) is 0 Å². The quantitative estimate of drug-likeness (QED) is 0.698. The zero-order valence-electron chi connectivity index (χ0n) is 16.9. The van der Waals surface area contributed by atoms with Crippen molar-refractivity contribution in [2.75, 3.05) is 44.8 Å². The van der Waals surface area contributed by atoms with E-state index in [1.54, 1.807) is 6.20 Å². The maximum absolute atomic E-state index is 12.5. The Morgan fingerprint density at radius 1 is 1.27 bits per heavy atom. The third-order valence-electron chi connectivity index (χ3n) is 5.49. The Morgan fingerprint density at radius 2 is 2.13 bits per heavy atom. The number of hydrogen-bond donors (Lipinski definition) is 2. The second-order valence-corrected chi connectivity index (χ2v) is 8.11. The molecule has 2 aliphatic heterocycles. The Labute approximate surface area is 181 Å². The van der Waals surface area contributed by atoms with Crippen molar-refractivity contribution in [1.29, 1.82) is 0 Å². The minimum atomic E-state index is -0.421. The molecule has 0 aliphatic carbocycles. The van der Waals surface area contributed by atoms with Crippen molar-refractivity contribution in [3.05, 3.63) is 41.2 Å². The van der Waals surface area contributed by atoms with E-state index in [2.05, 4.69) is 15.6 Å². The van der Waals surface area contributed by atoms with Crippen molar-refractivity contribution in [2.24, 2.45) is 5.92 Å². The monoisotopic (exact) mass is 430 g/mol. The number of carbonyl (C=O) groups is 1. The van der Waals surface area contributed by atoms with Gasteiger partial charge in [-0.25, -0.2) is 4.98 Å². The molecule has 30 heavy (non-hydrogen) atoms. The van der Waals surface area contributed by atoms with E-state index in [1.165, 1.54) is 0 Å². The summed E-state index contributed by atoms with van der Waals surface area (Å²) in [6, 6.07) is 7.68. The van der Waals surface area contributed by atoms with Gasteiger partial charge in [-0.05, 0) is 37.0 Å². The van der Waals surface area contributed by atoms with Crippen LogP contribution in [0.25, 0.3) is 11.3 Å². The minimum Gasteiger partial charge on any atom is -0.381 e. The number of pyridine rings is 2. The van der Waals surface area contributed by atoms with Crippen LogP contribution in [0.2, 0.25) is 5.02 Å². The van der Waals surface area contributed by atoms with Gasteiger partial charge in [0.05, 0.1) is 23.7 Å². The summed E-state index contributed by atoms with van der Waals surface area (Å²) in [6.07, 6.45) is 3.51. The first-order valence-corrected chi connectivity index (χ1v) is 10.9. The van der Waals surface area contributed by atoms with Crippen LogP contribution < -0.4 is 10.6 Å². The minimum absolute atomic E-state index is 0.0165. The smallest absolute Gasteiger partial charge is 0.168 e. The van der Waals surface area contributed by atoms with Gasteiger partial charge in [0.2, 0.25) is 0 Å². The number of hydrogen-bond acceptors (Lipinski definition) is 7. The Bertz CT molecular complexity index is 867. The predicted molar refractivity (Wildman–Crippen MR) is 116 cm³/mol. The normalized spacial score (nSPS) is 20.1. The lowest BCUT2D eigenvalue weighted by Crippen LogP contribution is -2.43. The second-order valence-electron chi connectivity index (χ2n) is 7.71. The molecule has 0 spiro atoms. The van der Waals surface area contributed by atoms with Crippen molar-refractivity contribution >= 4 is 23.2 Å². The first kappa shape index (κ1) is 21.2. The zero-order chi connectivity index (χ0) is 20.8. The Hall–Kier alpha value is -2.06. The summed E-state index contributed by atoms with van der Waals surface area (Å²) in [7, 11) is 0. The van der Waals surface area contributed by atoms with Crippen LogP contribution in [0.1, 0.15) is 18.5 Å². The van der Waals surface area contributed by atoms with Crippen molar-refractivity contribution < 1.29 is 14.3 Å². The van der Waals surface area contributed by atoms with Crippen molar-refractivity contribution in [1.82, 2.24) is 15.3 Å². The number of aromatic nitrogens is 2. The molecule has 0 unspecified atom stereocenters. The van der Waals surface area contributed by atoms with Crippen LogP contribution in [0.3, 0.4) is 0 Å². The van der Waals surface area contributed by atoms with Gasteiger partial charge in [-0.15, -0.1) is 0 Å². The van der Waals surface area contributed by atoms with Crippen LogP contribution in [-0.2, 0) is 20.7 Å². The number of morpholine rings is 1. The van der Waals surface area contributed by atoms with E-state index in [0.29, 0.717) is 29.8 Å². The van der Waals surface area contributed by atoms with Crippen LogP contribution in [-0.4, -0.2) is 61.3 Å². The van der Waals surface area contributed by atoms with Gasteiger partial charge in [0, 0.05) is 50.3 Å². The summed E-state index contributed by atoms with van der Waals surface area (Å²) < 4.78 is 11.0. The van der Waals surface area contributed by atoms with Crippen LogP contribution >= 0.6 is 11.6 Å². The summed E-state index contributed by atoms with van der Waals surface area (Å²) in [5, 5.41) is 7.12. The molecule has 2 aromatic rings. The average molecular weight is 431 g/mol. The molecule has 2 fully saturated rings. The molecule has 0 bridgehead atoms. The maximum atomic E-state index is 12.5. The van der Waals surface area contributed by atoms with Gasteiger partial charge >= 0.3 is 0 Å². The summed E-state index contributed by atoms with van der Waals surface area (Å²) in [5.41, 5.74) is 2.19. The third-order valence-corrected chi connectivity index (χ3v) is 5.79. The highest BCUT2D eigenvalue weighted by Crippen LogP contribution is 2.28. The molecule has 2 aromatic heterocycles. The molecule has 8 heteroatoms. The number of halogens is 1. The predicted octanol–water partition coefficient (Wildman–Crippen LogP) is 2.74. The largest absolute Gasteiger partial charge is 0.381 e. The molecule has 2 N–H and O–H groups in total. The van der Waals surface area contributed by atoms with Gasteiger partial charge in [-0.1, -0.05) is 17.7 Å². The highest BCUT2D eigenvalue weighted by atomic mass is 35.5. The topological polar surface area (TPSA) is 85.4 Å². The summed E-state index contributed by atoms with van der Waals surface area (Å²) in [5.74, 6) is 1.43. The Balaban J connectivity index is 1.45. The van der Waals surface area contributed by atoms with E-state index in [0.717, 1.165) is 56.2 Å². The van der Waals surface area contributed by atoms with Gasteiger partial charge < -0.3 is 20.1 Å². The van der Waals surface area contributed by atoms with Gasteiger partial charge in [-0.2, -0.15) is 0 Å². The molecule has 2 aliphatic rings. The van der Waals surface area contributed by atoms with Gasteiger partial charge in [-0.3, -0.25) is 9.78 Å².